The minimum atomic E-state index is -0.570. The van der Waals surface area contributed by atoms with Crippen molar-refractivity contribution in [2.75, 3.05) is 5.06 Å². The summed E-state index contributed by atoms with van der Waals surface area (Å²) >= 11 is 0. The van der Waals surface area contributed by atoms with Gasteiger partial charge in [0.15, 0.2) is 5.75 Å². The molecule has 0 saturated heterocycles. The summed E-state index contributed by atoms with van der Waals surface area (Å²) in [7, 11) is 0. The molecule has 1 aliphatic heterocycles. The minimum absolute atomic E-state index is 0.209. The van der Waals surface area contributed by atoms with E-state index in [0.717, 1.165) is 0 Å². The molecule has 0 spiro atoms. The lowest BCUT2D eigenvalue weighted by Gasteiger charge is -2.13. The van der Waals surface area contributed by atoms with E-state index in [2.05, 4.69) is 0 Å². The molecule has 2 aromatic rings. The lowest BCUT2D eigenvalue weighted by Crippen LogP contribution is -2.25. The molecule has 0 fully saturated rings. The predicted molar refractivity (Wildman–Crippen MR) is 66.3 cm³/mol. The van der Waals surface area contributed by atoms with Crippen LogP contribution in [0, 0.1) is 11.3 Å². The molecule has 0 atom stereocenters. The number of benzene rings is 2. The van der Waals surface area contributed by atoms with Gasteiger partial charge in [-0.3, -0.25) is 10.0 Å². The Hall–Kier alpha value is -2.84. The van der Waals surface area contributed by atoms with Gasteiger partial charge in [-0.25, -0.2) is 0 Å². The molecule has 1 heterocycles. The zero-order valence-corrected chi connectivity index (χ0v) is 9.70. The second kappa shape index (κ2) is 4.12. The third-order valence-corrected chi connectivity index (χ3v) is 2.85. The zero-order valence-electron chi connectivity index (χ0n) is 9.70. The van der Waals surface area contributed by atoms with Crippen LogP contribution >= 0.6 is 0 Å². The molecule has 0 bridgehead atoms. The maximum absolute atomic E-state index is 12.1. The van der Waals surface area contributed by atoms with Gasteiger partial charge in [-0.1, -0.05) is 12.1 Å². The van der Waals surface area contributed by atoms with Gasteiger partial charge in [0, 0.05) is 6.07 Å². The number of amides is 1. The maximum Gasteiger partial charge on any atom is 0.285 e. The van der Waals surface area contributed by atoms with Crippen LogP contribution in [0.4, 0.5) is 5.69 Å². The molecule has 5 nitrogen and oxygen atoms in total. The lowest BCUT2D eigenvalue weighted by molar-refractivity contribution is 0.0856. The second-order valence-electron chi connectivity index (χ2n) is 4.01. The molecule has 19 heavy (non-hydrogen) atoms. The fraction of sp³-hybridized carbons (Fsp3) is 0. The fourth-order valence-corrected chi connectivity index (χ4v) is 1.91. The van der Waals surface area contributed by atoms with E-state index in [-0.39, 0.29) is 17.0 Å². The number of anilines is 1. The summed E-state index contributed by atoms with van der Waals surface area (Å²) in [5.41, 5.74) is 0.860. The number of para-hydroxylation sites is 1. The Balaban J connectivity index is 2.23. The minimum Gasteiger partial charge on any atom is -0.454 e. The number of ether oxygens (including phenoxy) is 1. The average molecular weight is 252 g/mol. The van der Waals surface area contributed by atoms with Gasteiger partial charge in [-0.15, -0.1) is 0 Å². The molecule has 0 aliphatic carbocycles. The Labute approximate surface area is 108 Å². The topological polar surface area (TPSA) is 73.6 Å². The normalized spacial score (nSPS) is 12.8. The van der Waals surface area contributed by atoms with Gasteiger partial charge >= 0.3 is 0 Å². The summed E-state index contributed by atoms with van der Waals surface area (Å²) in [4.78, 5) is 12.1. The summed E-state index contributed by atoms with van der Waals surface area (Å²) in [6, 6.07) is 13.1. The number of nitriles is 1. The van der Waals surface area contributed by atoms with E-state index in [1.807, 2.05) is 6.07 Å². The highest BCUT2D eigenvalue weighted by Gasteiger charge is 2.27. The van der Waals surface area contributed by atoms with Crippen LogP contribution in [0.2, 0.25) is 0 Å². The third-order valence-electron chi connectivity index (χ3n) is 2.85. The first-order valence-corrected chi connectivity index (χ1v) is 5.55. The Morgan fingerprint density at radius 2 is 1.95 bits per heavy atom. The van der Waals surface area contributed by atoms with E-state index >= 15 is 0 Å². The van der Waals surface area contributed by atoms with Crippen LogP contribution in [-0.2, 0) is 0 Å². The van der Waals surface area contributed by atoms with Crippen molar-refractivity contribution < 1.29 is 14.7 Å². The number of hydrogen-bond donors (Lipinski definition) is 1. The van der Waals surface area contributed by atoms with Crippen molar-refractivity contribution in [2.45, 2.75) is 0 Å². The largest absolute Gasteiger partial charge is 0.454 e. The Kier molecular flexibility index (Phi) is 2.44. The monoisotopic (exact) mass is 252 g/mol. The highest BCUT2D eigenvalue weighted by Crippen LogP contribution is 2.38. The molecule has 1 amide bonds. The second-order valence-corrected chi connectivity index (χ2v) is 4.01. The standard InChI is InChI=1S/C14H8N2O3/c15-8-9-5-6-11-13(7-9)19-12-4-2-1-3-10(12)14(17)16(11)18/h1-7,18H. The molecule has 1 aliphatic rings. The molecular formula is C14H8N2O3. The summed E-state index contributed by atoms with van der Waals surface area (Å²) in [6.07, 6.45) is 0. The van der Waals surface area contributed by atoms with Gasteiger partial charge < -0.3 is 4.74 Å². The summed E-state index contributed by atoms with van der Waals surface area (Å²) in [5.74, 6) is 0.0410. The summed E-state index contributed by atoms with van der Waals surface area (Å²) in [6.45, 7) is 0. The van der Waals surface area contributed by atoms with E-state index in [0.29, 0.717) is 16.4 Å². The Morgan fingerprint density at radius 3 is 2.74 bits per heavy atom. The first-order valence-electron chi connectivity index (χ1n) is 5.55. The van der Waals surface area contributed by atoms with Crippen molar-refractivity contribution >= 4 is 11.6 Å². The smallest absolute Gasteiger partial charge is 0.285 e. The van der Waals surface area contributed by atoms with Crippen LogP contribution in [-0.4, -0.2) is 11.1 Å². The first kappa shape index (κ1) is 11.3. The van der Waals surface area contributed by atoms with E-state index in [4.69, 9.17) is 10.00 Å². The van der Waals surface area contributed by atoms with Crippen LogP contribution in [0.3, 0.4) is 0 Å². The number of carbonyl (C=O) groups excluding carboxylic acids is 1. The van der Waals surface area contributed by atoms with Crippen molar-refractivity contribution in [3.8, 4) is 17.6 Å². The van der Waals surface area contributed by atoms with Gasteiger partial charge in [0.25, 0.3) is 5.91 Å². The van der Waals surface area contributed by atoms with Crippen molar-refractivity contribution in [3.63, 3.8) is 0 Å². The fourth-order valence-electron chi connectivity index (χ4n) is 1.91. The first-order chi connectivity index (χ1) is 9.20. The number of hydrogen-bond acceptors (Lipinski definition) is 4. The van der Waals surface area contributed by atoms with Gasteiger partial charge in [0.2, 0.25) is 0 Å². The molecular weight excluding hydrogens is 244 g/mol. The highest BCUT2D eigenvalue weighted by molar-refractivity contribution is 6.08. The van der Waals surface area contributed by atoms with Crippen LogP contribution in [0.15, 0.2) is 42.5 Å². The maximum atomic E-state index is 12.1. The van der Waals surface area contributed by atoms with Gasteiger partial charge in [-0.05, 0) is 24.3 Å². The molecule has 92 valence electrons. The molecule has 5 heteroatoms. The summed E-state index contributed by atoms with van der Waals surface area (Å²) < 4.78 is 5.61. The van der Waals surface area contributed by atoms with E-state index in [9.17, 15) is 10.0 Å². The molecule has 3 rings (SSSR count). The van der Waals surface area contributed by atoms with E-state index in [1.54, 1.807) is 24.3 Å². The summed E-state index contributed by atoms with van der Waals surface area (Å²) in [5, 5.41) is 19.3. The molecule has 1 N–H and O–H groups in total. The van der Waals surface area contributed by atoms with E-state index in [1.165, 1.54) is 18.2 Å². The quantitative estimate of drug-likeness (QED) is 0.731. The van der Waals surface area contributed by atoms with Crippen LogP contribution in [0.5, 0.6) is 11.5 Å². The highest BCUT2D eigenvalue weighted by atomic mass is 16.5. The van der Waals surface area contributed by atoms with Crippen LogP contribution in [0.1, 0.15) is 15.9 Å². The number of hydroxylamine groups is 1. The number of carbonyl (C=O) groups is 1. The molecule has 0 saturated carbocycles. The number of nitrogens with zero attached hydrogens (tertiary/aromatic N) is 2. The molecule has 2 aromatic carbocycles. The van der Waals surface area contributed by atoms with Crippen molar-refractivity contribution in [1.29, 1.82) is 5.26 Å². The molecule has 0 unspecified atom stereocenters. The van der Waals surface area contributed by atoms with Crippen LogP contribution < -0.4 is 9.80 Å². The molecule has 0 aromatic heterocycles. The predicted octanol–water partition coefficient (Wildman–Crippen LogP) is 2.70. The Bertz CT molecular complexity index is 719. The molecule has 0 radical (unpaired) electrons. The van der Waals surface area contributed by atoms with Gasteiger partial charge in [0.1, 0.15) is 11.4 Å². The average Bonchev–Trinajstić information content (AvgIpc) is 2.55. The van der Waals surface area contributed by atoms with Crippen molar-refractivity contribution in [2.24, 2.45) is 0 Å². The SMILES string of the molecule is N#Cc1ccc2c(c1)Oc1ccccc1C(=O)N2O. The van der Waals surface area contributed by atoms with Gasteiger partial charge in [-0.2, -0.15) is 10.3 Å². The Morgan fingerprint density at radius 1 is 1.16 bits per heavy atom. The van der Waals surface area contributed by atoms with Crippen molar-refractivity contribution in [1.82, 2.24) is 0 Å². The van der Waals surface area contributed by atoms with Gasteiger partial charge in [0.05, 0.1) is 17.2 Å². The lowest BCUT2D eigenvalue weighted by atomic mass is 10.2. The number of fused-ring (bicyclic) bond motifs is 2. The zero-order chi connectivity index (χ0) is 13.4. The van der Waals surface area contributed by atoms with E-state index < -0.39 is 5.91 Å². The van der Waals surface area contributed by atoms with Crippen molar-refractivity contribution in [3.05, 3.63) is 53.6 Å². The third kappa shape index (κ3) is 1.71. The number of rotatable bonds is 0. The van der Waals surface area contributed by atoms with Crippen LogP contribution in [0.25, 0.3) is 0 Å².